The van der Waals surface area contributed by atoms with Crippen molar-refractivity contribution >= 4 is 52.3 Å². The van der Waals surface area contributed by atoms with E-state index in [2.05, 4.69) is 28.3 Å². The fraction of sp³-hybridized carbons (Fsp3) is 0.296. The van der Waals surface area contributed by atoms with Crippen LogP contribution in [0.1, 0.15) is 24.5 Å². The molecular weight excluding hydrogens is 481 g/mol. The zero-order valence-electron chi connectivity index (χ0n) is 20.4. The molecule has 2 heterocycles. The van der Waals surface area contributed by atoms with Crippen LogP contribution in [0.2, 0.25) is 0 Å². The number of ether oxygens (including phenoxy) is 1. The summed E-state index contributed by atoms with van der Waals surface area (Å²) >= 11 is 3.46. The predicted molar refractivity (Wildman–Crippen MR) is 148 cm³/mol. The number of aliphatic hydroxyl groups is 1. The third-order valence-electron chi connectivity index (χ3n) is 5.35. The van der Waals surface area contributed by atoms with Crippen molar-refractivity contribution in [3.05, 3.63) is 75.4 Å². The maximum Gasteiger partial charge on any atom is 0.125 e. The van der Waals surface area contributed by atoms with Crippen LogP contribution in [0.4, 0.5) is 15.9 Å². The molecule has 3 N–H and O–H groups in total. The van der Waals surface area contributed by atoms with Gasteiger partial charge in [-0.2, -0.15) is 0 Å². The molecule has 0 unspecified atom stereocenters. The van der Waals surface area contributed by atoms with Gasteiger partial charge in [0.2, 0.25) is 0 Å². The number of aliphatic hydroxyl groups excluding tert-OH is 1. The first-order valence-electron chi connectivity index (χ1n) is 11.4. The Bertz CT molecular complexity index is 1240. The van der Waals surface area contributed by atoms with Gasteiger partial charge in [0.05, 0.1) is 16.5 Å². The van der Waals surface area contributed by atoms with Crippen molar-refractivity contribution in [2.24, 2.45) is 0 Å². The van der Waals surface area contributed by atoms with Crippen molar-refractivity contribution in [3.8, 4) is 0 Å². The first-order valence-corrected chi connectivity index (χ1v) is 13.2. The number of nitrogens with one attached hydrogen (secondary N) is 2. The van der Waals surface area contributed by atoms with E-state index in [0.29, 0.717) is 12.4 Å². The topological polar surface area (TPSA) is 66.4 Å². The van der Waals surface area contributed by atoms with Gasteiger partial charge in [-0.05, 0) is 59.9 Å². The molecule has 3 rings (SSSR count). The second-order valence-corrected chi connectivity index (χ2v) is 10.3. The molecule has 8 heteroatoms. The summed E-state index contributed by atoms with van der Waals surface area (Å²) in [5, 5.41) is 16.5. The Morgan fingerprint density at radius 1 is 1.23 bits per heavy atom. The molecule has 0 fully saturated rings. The summed E-state index contributed by atoms with van der Waals surface area (Å²) in [6, 6.07) is 10.5. The number of aromatic nitrogens is 1. The largest absolute Gasteiger partial charge is 0.395 e. The van der Waals surface area contributed by atoms with Crippen LogP contribution in [0.25, 0.3) is 17.7 Å². The van der Waals surface area contributed by atoms with Gasteiger partial charge in [0.25, 0.3) is 0 Å². The summed E-state index contributed by atoms with van der Waals surface area (Å²) in [6.45, 7) is 7.62. The van der Waals surface area contributed by atoms with Gasteiger partial charge in [-0.1, -0.05) is 24.8 Å². The fourth-order valence-electron chi connectivity index (χ4n) is 3.58. The summed E-state index contributed by atoms with van der Waals surface area (Å²) in [6.07, 6.45) is 4.89. The lowest BCUT2D eigenvalue weighted by Crippen LogP contribution is -2.23. The SMILES string of the molecule is C=c1sc(SCCCOC)c(NC)/c1=C(/C=C(\C)c1ccc(NCCO)nc1)c1ccc(F)cc1. The maximum absolute atomic E-state index is 13.7. The van der Waals surface area contributed by atoms with E-state index < -0.39 is 0 Å². The van der Waals surface area contributed by atoms with Gasteiger partial charge in [-0.25, -0.2) is 9.37 Å². The number of pyridine rings is 1. The van der Waals surface area contributed by atoms with Gasteiger partial charge >= 0.3 is 0 Å². The highest BCUT2D eigenvalue weighted by atomic mass is 32.2. The quantitative estimate of drug-likeness (QED) is 0.244. The van der Waals surface area contributed by atoms with E-state index >= 15 is 0 Å². The Labute approximate surface area is 214 Å². The second kappa shape index (κ2) is 13.4. The summed E-state index contributed by atoms with van der Waals surface area (Å²) < 4.78 is 21.1. The van der Waals surface area contributed by atoms with Crippen LogP contribution >= 0.6 is 23.1 Å². The molecule has 0 radical (unpaired) electrons. The Morgan fingerprint density at radius 3 is 2.60 bits per heavy atom. The minimum Gasteiger partial charge on any atom is -0.395 e. The number of allylic oxidation sites excluding steroid dienone is 2. The third-order valence-corrected chi connectivity index (χ3v) is 7.75. The Kier molecular flexibility index (Phi) is 10.3. The zero-order valence-corrected chi connectivity index (χ0v) is 22.0. The zero-order chi connectivity index (χ0) is 25.2. The number of halogens is 1. The molecule has 35 heavy (non-hydrogen) atoms. The monoisotopic (exact) mass is 513 g/mol. The lowest BCUT2D eigenvalue weighted by molar-refractivity contribution is 0.200. The minimum absolute atomic E-state index is 0.0484. The summed E-state index contributed by atoms with van der Waals surface area (Å²) in [5.74, 6) is 1.39. The molecule has 1 aromatic carbocycles. The molecule has 0 spiro atoms. The molecule has 0 amide bonds. The molecule has 186 valence electrons. The molecule has 3 aromatic rings. The Morgan fingerprint density at radius 2 is 1.97 bits per heavy atom. The summed E-state index contributed by atoms with van der Waals surface area (Å²) in [5.41, 5.74) is 4.91. The summed E-state index contributed by atoms with van der Waals surface area (Å²) in [4.78, 5) is 4.45. The van der Waals surface area contributed by atoms with Crippen LogP contribution in [0.5, 0.6) is 0 Å². The van der Waals surface area contributed by atoms with E-state index in [4.69, 9.17) is 9.84 Å². The van der Waals surface area contributed by atoms with Gasteiger partial charge in [0, 0.05) is 49.0 Å². The summed E-state index contributed by atoms with van der Waals surface area (Å²) in [7, 11) is 3.64. The highest BCUT2D eigenvalue weighted by Crippen LogP contribution is 2.30. The fourth-order valence-corrected chi connectivity index (χ4v) is 6.01. The number of thiophene rings is 1. The molecule has 5 nitrogen and oxygen atoms in total. The number of methoxy groups -OCH3 is 1. The smallest absolute Gasteiger partial charge is 0.125 e. The lowest BCUT2D eigenvalue weighted by atomic mass is 9.98. The average molecular weight is 514 g/mol. The number of hydrogen-bond acceptors (Lipinski definition) is 7. The van der Waals surface area contributed by atoms with Crippen molar-refractivity contribution in [1.82, 2.24) is 4.98 Å². The second-order valence-electron chi connectivity index (χ2n) is 7.84. The Balaban J connectivity index is 2.11. The first kappa shape index (κ1) is 26.9. The molecule has 2 aromatic heterocycles. The number of benzene rings is 1. The van der Waals surface area contributed by atoms with E-state index in [9.17, 15) is 4.39 Å². The van der Waals surface area contributed by atoms with Crippen molar-refractivity contribution in [2.45, 2.75) is 17.6 Å². The standard InChI is InChI=1S/C27H32FN3O2S2/c1-18(21-8-11-24(31-17-21)30-12-13-32)16-23(20-6-9-22(28)10-7-20)25-19(2)35-27(26(25)29-3)34-15-5-14-33-4/h6-11,16-17,29,32H,2,5,12-15H2,1,3-4H3,(H,30,31)/b18-16+,25-23-. The first-order chi connectivity index (χ1) is 17.0. The molecular formula is C27H32FN3O2S2. The minimum atomic E-state index is -0.271. The normalized spacial score (nSPS) is 12.5. The van der Waals surface area contributed by atoms with Crippen molar-refractivity contribution in [2.75, 3.05) is 50.3 Å². The van der Waals surface area contributed by atoms with Crippen LogP contribution < -0.4 is 20.4 Å². The van der Waals surface area contributed by atoms with E-state index in [1.165, 1.54) is 16.3 Å². The van der Waals surface area contributed by atoms with Gasteiger partial charge in [0.15, 0.2) is 0 Å². The Hall–Kier alpha value is -2.65. The molecule has 0 saturated heterocycles. The highest BCUT2D eigenvalue weighted by molar-refractivity contribution is 8.01. The molecule has 0 aliphatic carbocycles. The lowest BCUT2D eigenvalue weighted by Gasteiger charge is -2.10. The third kappa shape index (κ3) is 7.18. The predicted octanol–water partition coefficient (Wildman–Crippen LogP) is 4.57. The molecule has 0 saturated carbocycles. The van der Waals surface area contributed by atoms with Gasteiger partial charge in [-0.15, -0.1) is 23.1 Å². The average Bonchev–Trinajstić information content (AvgIpc) is 3.19. The van der Waals surface area contributed by atoms with E-state index in [1.807, 2.05) is 32.3 Å². The van der Waals surface area contributed by atoms with Crippen LogP contribution in [-0.4, -0.2) is 49.8 Å². The van der Waals surface area contributed by atoms with Crippen LogP contribution in [0, 0.1) is 5.82 Å². The van der Waals surface area contributed by atoms with E-state index in [0.717, 1.165) is 56.5 Å². The van der Waals surface area contributed by atoms with Crippen molar-refractivity contribution in [3.63, 3.8) is 0 Å². The van der Waals surface area contributed by atoms with Crippen molar-refractivity contribution < 1.29 is 14.2 Å². The molecule has 0 bridgehead atoms. The maximum atomic E-state index is 13.7. The van der Waals surface area contributed by atoms with E-state index in [1.54, 1.807) is 42.3 Å². The van der Waals surface area contributed by atoms with Gasteiger partial charge in [0.1, 0.15) is 11.6 Å². The number of hydrogen-bond donors (Lipinski definition) is 3. The van der Waals surface area contributed by atoms with Crippen LogP contribution in [0.15, 0.2) is 52.9 Å². The van der Waals surface area contributed by atoms with Gasteiger partial charge in [-0.3, -0.25) is 0 Å². The molecule has 0 aliphatic heterocycles. The number of anilines is 2. The molecule has 0 atom stereocenters. The highest BCUT2D eigenvalue weighted by Gasteiger charge is 2.13. The van der Waals surface area contributed by atoms with Crippen molar-refractivity contribution in [1.29, 1.82) is 0 Å². The molecule has 0 aliphatic rings. The number of thioether (sulfide) groups is 1. The number of nitrogens with zero attached hydrogens (tertiary/aromatic N) is 1. The van der Waals surface area contributed by atoms with Crippen LogP contribution in [-0.2, 0) is 4.74 Å². The van der Waals surface area contributed by atoms with Gasteiger partial charge < -0.3 is 20.5 Å². The van der Waals surface area contributed by atoms with Crippen LogP contribution in [0.3, 0.4) is 0 Å². The number of rotatable bonds is 12. The van der Waals surface area contributed by atoms with E-state index in [-0.39, 0.29) is 12.4 Å².